The summed E-state index contributed by atoms with van der Waals surface area (Å²) in [6.45, 7) is 0. The van der Waals surface area contributed by atoms with Crippen LogP contribution in [-0.4, -0.2) is 20.5 Å². The van der Waals surface area contributed by atoms with Crippen molar-refractivity contribution in [2.75, 3.05) is 0 Å². The molecule has 0 fully saturated rings. The Morgan fingerprint density at radius 1 is 1.12 bits per heavy atom. The van der Waals surface area contributed by atoms with Crippen molar-refractivity contribution < 1.29 is 9.18 Å². The van der Waals surface area contributed by atoms with Gasteiger partial charge >= 0.3 is 0 Å². The average molecular weight is 366 g/mol. The molecule has 0 radical (unpaired) electrons. The summed E-state index contributed by atoms with van der Waals surface area (Å²) in [6.07, 6.45) is 7.72. The molecule has 0 unspecified atom stereocenters. The first-order valence-electron chi connectivity index (χ1n) is 7.59. The third kappa shape index (κ3) is 2.86. The smallest absolute Gasteiger partial charge is 0.283 e. The van der Waals surface area contributed by atoms with Crippen LogP contribution >= 0.6 is 11.3 Å². The number of H-pyrrole nitrogens is 1. The van der Waals surface area contributed by atoms with Gasteiger partial charge in [0.15, 0.2) is 11.3 Å². The lowest BCUT2D eigenvalue weighted by atomic mass is 10.1. The van der Waals surface area contributed by atoms with Crippen LogP contribution < -0.4 is 20.9 Å². The first-order chi connectivity index (χ1) is 12.5. The molecule has 8 heteroatoms. The minimum Gasteiger partial charge on any atom is -0.290 e. The van der Waals surface area contributed by atoms with Crippen LogP contribution in [0.1, 0.15) is 5.56 Å². The molecule has 0 amide bonds. The van der Waals surface area contributed by atoms with Crippen LogP contribution in [0.25, 0.3) is 16.8 Å². The molecule has 0 bridgehead atoms. The summed E-state index contributed by atoms with van der Waals surface area (Å²) in [4.78, 5) is 27.6. The Balaban J connectivity index is 1.96. The van der Waals surface area contributed by atoms with Crippen molar-refractivity contribution in [3.63, 3.8) is 0 Å². The number of nitrogens with one attached hydrogen (secondary N) is 2. The molecule has 6 nitrogen and oxygen atoms in total. The van der Waals surface area contributed by atoms with Crippen molar-refractivity contribution in [3.05, 3.63) is 85.7 Å². The third-order valence-electron chi connectivity index (χ3n) is 3.80. The summed E-state index contributed by atoms with van der Waals surface area (Å²) in [6, 6.07) is 5.62. The van der Waals surface area contributed by atoms with Crippen LogP contribution in [0.5, 0.6) is 0 Å². The van der Waals surface area contributed by atoms with Gasteiger partial charge in [0.05, 0.1) is 5.22 Å². The summed E-state index contributed by atoms with van der Waals surface area (Å²) < 4.78 is 15.1. The average Bonchev–Trinajstić information content (AvgIpc) is 3.05. The highest BCUT2D eigenvalue weighted by molar-refractivity contribution is 7.11. The number of fused-ring (bicyclic) bond motifs is 1. The predicted octanol–water partition coefficient (Wildman–Crippen LogP) is 0.353. The number of halogens is 1. The molecule has 1 aromatic carbocycles. The second-order valence-corrected chi connectivity index (χ2v) is 6.54. The fourth-order valence-corrected chi connectivity index (χ4v) is 3.42. The van der Waals surface area contributed by atoms with Gasteiger partial charge in [0.1, 0.15) is 10.5 Å². The van der Waals surface area contributed by atoms with E-state index >= 15 is 0 Å². The van der Waals surface area contributed by atoms with E-state index in [1.54, 1.807) is 12.2 Å². The number of aromatic nitrogens is 3. The molecular formula is C18H11FN4O2S. The van der Waals surface area contributed by atoms with Crippen LogP contribution in [0.2, 0.25) is 0 Å². The van der Waals surface area contributed by atoms with E-state index in [0.717, 1.165) is 5.57 Å². The molecule has 0 saturated heterocycles. The largest absolute Gasteiger partial charge is 0.290 e. The van der Waals surface area contributed by atoms with Crippen LogP contribution in [0.4, 0.5) is 4.39 Å². The standard InChI is InChI=1S/C18H11FN4O2S/c19-12-5-1-10(2-6-12)9-14-15(20)23-18(21-16(14)25)26-17(22-23)11-3-7-13(24)8-4-11/h1-9,20,22H. The van der Waals surface area contributed by atoms with Gasteiger partial charge in [0.25, 0.3) is 5.56 Å². The molecule has 0 aromatic heterocycles. The van der Waals surface area contributed by atoms with Crippen LogP contribution in [0, 0.1) is 11.2 Å². The SMILES string of the molecule is N=c1c(=Cc2ccc(F)cc2)c(=O)nc2sc(=C3C=CC(=O)C=C3)[nH]n1-2. The van der Waals surface area contributed by atoms with E-state index in [4.69, 9.17) is 5.41 Å². The maximum Gasteiger partial charge on any atom is 0.283 e. The molecule has 26 heavy (non-hydrogen) atoms. The summed E-state index contributed by atoms with van der Waals surface area (Å²) >= 11 is 1.21. The fraction of sp³-hybridized carbons (Fsp3) is 0. The molecule has 0 spiro atoms. The summed E-state index contributed by atoms with van der Waals surface area (Å²) in [7, 11) is 0. The molecule has 4 rings (SSSR count). The number of hydrogen-bond acceptors (Lipinski definition) is 5. The van der Waals surface area contributed by atoms with Gasteiger partial charge in [-0.25, -0.2) is 9.07 Å². The highest BCUT2D eigenvalue weighted by Crippen LogP contribution is 2.09. The van der Waals surface area contributed by atoms with Crippen molar-refractivity contribution >= 4 is 28.8 Å². The Morgan fingerprint density at radius 3 is 2.50 bits per heavy atom. The van der Waals surface area contributed by atoms with Crippen molar-refractivity contribution in [1.82, 2.24) is 14.8 Å². The van der Waals surface area contributed by atoms with Crippen LogP contribution in [-0.2, 0) is 4.79 Å². The van der Waals surface area contributed by atoms with Gasteiger partial charge in [0.2, 0.25) is 5.13 Å². The zero-order valence-electron chi connectivity index (χ0n) is 13.2. The van der Waals surface area contributed by atoms with Gasteiger partial charge in [0, 0.05) is 5.57 Å². The lowest BCUT2D eigenvalue weighted by Gasteiger charge is -2.00. The first-order valence-corrected chi connectivity index (χ1v) is 8.41. The molecule has 0 atom stereocenters. The number of allylic oxidation sites excluding steroid dienone is 4. The van der Waals surface area contributed by atoms with E-state index in [1.165, 1.54) is 58.5 Å². The third-order valence-corrected chi connectivity index (χ3v) is 4.79. The zero-order valence-corrected chi connectivity index (χ0v) is 14.0. The number of aromatic amines is 1. The lowest BCUT2D eigenvalue weighted by Crippen LogP contribution is -2.47. The molecule has 2 heterocycles. The topological polar surface area (TPSA) is 91.6 Å². The Kier molecular flexibility index (Phi) is 3.81. The highest BCUT2D eigenvalue weighted by atomic mass is 32.1. The summed E-state index contributed by atoms with van der Waals surface area (Å²) in [5, 5.41) is 11.8. The van der Waals surface area contributed by atoms with Gasteiger partial charge in [-0.2, -0.15) is 4.98 Å². The van der Waals surface area contributed by atoms with Crippen molar-refractivity contribution in [1.29, 1.82) is 5.41 Å². The zero-order chi connectivity index (χ0) is 18.3. The first kappa shape index (κ1) is 16.1. The number of benzene rings is 1. The number of carbonyl (C=O) groups is 1. The van der Waals surface area contributed by atoms with E-state index < -0.39 is 5.56 Å². The minimum atomic E-state index is -0.531. The molecule has 1 aromatic rings. The minimum absolute atomic E-state index is 0.0488. The molecular weight excluding hydrogens is 355 g/mol. The maximum absolute atomic E-state index is 13.0. The highest BCUT2D eigenvalue weighted by Gasteiger charge is 2.12. The van der Waals surface area contributed by atoms with E-state index in [9.17, 15) is 14.0 Å². The fourth-order valence-electron chi connectivity index (χ4n) is 2.49. The predicted molar refractivity (Wildman–Crippen MR) is 95.0 cm³/mol. The van der Waals surface area contributed by atoms with Crippen LogP contribution in [0.3, 0.4) is 0 Å². The number of carbonyl (C=O) groups excluding carboxylic acids is 1. The maximum atomic E-state index is 13.0. The number of nitrogens with zero attached hydrogens (tertiary/aromatic N) is 2. The number of hydrogen-bond donors (Lipinski definition) is 2. The summed E-state index contributed by atoms with van der Waals surface area (Å²) in [5.74, 6) is -0.474. The van der Waals surface area contributed by atoms with Gasteiger partial charge in [-0.05, 0) is 48.1 Å². The molecule has 1 aliphatic carbocycles. The van der Waals surface area contributed by atoms with E-state index in [0.29, 0.717) is 15.4 Å². The van der Waals surface area contributed by atoms with E-state index in [-0.39, 0.29) is 22.3 Å². The number of rotatable bonds is 1. The number of ketones is 1. The molecule has 128 valence electrons. The normalized spacial score (nSPS) is 14.6. The Morgan fingerprint density at radius 2 is 1.81 bits per heavy atom. The van der Waals surface area contributed by atoms with Gasteiger partial charge in [-0.15, -0.1) is 0 Å². The Hall–Kier alpha value is -3.39. The molecule has 3 aliphatic rings. The van der Waals surface area contributed by atoms with Crippen LogP contribution in [0.15, 0.2) is 53.4 Å². The monoisotopic (exact) mass is 366 g/mol. The second kappa shape index (κ2) is 6.16. The van der Waals surface area contributed by atoms with E-state index in [1.807, 2.05) is 0 Å². The molecule has 2 aliphatic heterocycles. The van der Waals surface area contributed by atoms with Crippen molar-refractivity contribution in [2.45, 2.75) is 0 Å². The second-order valence-electron chi connectivity index (χ2n) is 5.56. The van der Waals surface area contributed by atoms with Gasteiger partial charge in [-0.1, -0.05) is 23.5 Å². The Labute approximate surface area is 149 Å². The van der Waals surface area contributed by atoms with E-state index in [2.05, 4.69) is 10.1 Å². The summed E-state index contributed by atoms with van der Waals surface area (Å²) in [5.41, 5.74) is 0.777. The molecule has 2 N–H and O–H groups in total. The van der Waals surface area contributed by atoms with Crippen molar-refractivity contribution in [3.8, 4) is 5.13 Å². The van der Waals surface area contributed by atoms with Gasteiger partial charge in [-0.3, -0.25) is 20.1 Å². The van der Waals surface area contributed by atoms with Gasteiger partial charge < -0.3 is 0 Å². The quantitative estimate of drug-likeness (QED) is 0.651. The lowest BCUT2D eigenvalue weighted by molar-refractivity contribution is -0.110. The van der Waals surface area contributed by atoms with Crippen molar-refractivity contribution in [2.24, 2.45) is 0 Å². The Bertz CT molecular complexity index is 1270. The molecule has 0 saturated carbocycles.